The van der Waals surface area contributed by atoms with Crippen LogP contribution in [0.5, 0.6) is 0 Å². The van der Waals surface area contributed by atoms with Gasteiger partial charge in [-0.05, 0) is 43.4 Å². The van der Waals surface area contributed by atoms with Gasteiger partial charge in [-0.1, -0.05) is 18.2 Å². The second-order valence-electron chi connectivity index (χ2n) is 6.73. The summed E-state index contributed by atoms with van der Waals surface area (Å²) in [4.78, 5) is 16.5. The minimum absolute atomic E-state index is 0.0116. The molecule has 0 spiro atoms. The van der Waals surface area contributed by atoms with Crippen molar-refractivity contribution in [1.82, 2.24) is 4.90 Å². The molecule has 1 aromatic carbocycles. The van der Waals surface area contributed by atoms with Gasteiger partial charge in [0.2, 0.25) is 0 Å². The van der Waals surface area contributed by atoms with Gasteiger partial charge >= 0.3 is 0 Å². The zero-order chi connectivity index (χ0) is 17.1. The molecule has 1 aliphatic heterocycles. The maximum absolute atomic E-state index is 12.6. The number of benzene rings is 1. The highest BCUT2D eigenvalue weighted by molar-refractivity contribution is 7.16. The highest BCUT2D eigenvalue weighted by atomic mass is 32.1. The first kappa shape index (κ1) is 16.8. The number of aryl methyl sites for hydroxylation is 1. The van der Waals surface area contributed by atoms with E-state index in [2.05, 4.69) is 10.2 Å². The van der Waals surface area contributed by atoms with E-state index in [1.165, 1.54) is 28.8 Å². The molecular weight excluding hydrogens is 332 g/mol. The van der Waals surface area contributed by atoms with Crippen molar-refractivity contribution < 1.29 is 9.53 Å². The third kappa shape index (κ3) is 3.78. The van der Waals surface area contributed by atoms with Gasteiger partial charge in [0.25, 0.3) is 5.91 Å². The molecule has 4 nitrogen and oxygen atoms in total. The first-order valence-corrected chi connectivity index (χ1v) is 9.93. The lowest BCUT2D eigenvalue weighted by Crippen LogP contribution is -2.36. The molecule has 0 atom stereocenters. The van der Waals surface area contributed by atoms with Gasteiger partial charge in [-0.25, -0.2) is 0 Å². The average Bonchev–Trinajstić information content (AvgIpc) is 3.00. The molecule has 0 radical (unpaired) electrons. The van der Waals surface area contributed by atoms with Gasteiger partial charge in [0.15, 0.2) is 0 Å². The summed E-state index contributed by atoms with van der Waals surface area (Å²) in [6.45, 7) is 4.46. The number of nitrogens with one attached hydrogen (secondary N) is 1. The van der Waals surface area contributed by atoms with Crippen LogP contribution < -0.4 is 5.32 Å². The quantitative estimate of drug-likeness (QED) is 0.908. The number of thiophene rings is 1. The SMILES string of the molecule is O=C(Nc1sc2c(c1CN1CCOCC1)CCCC2)c1ccccc1. The zero-order valence-corrected chi connectivity index (χ0v) is 15.2. The van der Waals surface area contributed by atoms with Crippen molar-refractivity contribution in [3.63, 3.8) is 0 Å². The third-order valence-corrected chi connectivity index (χ3v) is 6.28. The van der Waals surface area contributed by atoms with Crippen LogP contribution in [0.15, 0.2) is 30.3 Å². The fourth-order valence-electron chi connectivity index (χ4n) is 3.65. The average molecular weight is 356 g/mol. The Labute approximate surface area is 152 Å². The van der Waals surface area contributed by atoms with Crippen LogP contribution in [-0.4, -0.2) is 37.1 Å². The molecule has 0 saturated carbocycles. The normalized spacial score (nSPS) is 17.9. The lowest BCUT2D eigenvalue weighted by molar-refractivity contribution is 0.0342. The number of ether oxygens (including phenoxy) is 1. The monoisotopic (exact) mass is 356 g/mol. The Morgan fingerprint density at radius 3 is 2.68 bits per heavy atom. The molecule has 2 aliphatic rings. The van der Waals surface area contributed by atoms with Crippen LogP contribution in [0.1, 0.15) is 39.2 Å². The first-order chi connectivity index (χ1) is 12.3. The predicted molar refractivity (Wildman–Crippen MR) is 101 cm³/mol. The molecule has 1 N–H and O–H groups in total. The largest absolute Gasteiger partial charge is 0.379 e. The Kier molecular flexibility index (Phi) is 5.15. The Balaban J connectivity index is 1.59. The van der Waals surface area contributed by atoms with Crippen LogP contribution in [-0.2, 0) is 24.1 Å². The van der Waals surface area contributed by atoms with E-state index in [-0.39, 0.29) is 5.91 Å². The van der Waals surface area contributed by atoms with E-state index in [1.807, 2.05) is 30.3 Å². The molecule has 0 bridgehead atoms. The van der Waals surface area contributed by atoms with Gasteiger partial charge in [-0.3, -0.25) is 9.69 Å². The van der Waals surface area contributed by atoms with Gasteiger partial charge < -0.3 is 10.1 Å². The van der Waals surface area contributed by atoms with E-state index < -0.39 is 0 Å². The molecular formula is C20H24N2O2S. The van der Waals surface area contributed by atoms with E-state index >= 15 is 0 Å². The van der Waals surface area contributed by atoms with Gasteiger partial charge in [0.1, 0.15) is 5.00 Å². The lowest BCUT2D eigenvalue weighted by Gasteiger charge is -2.27. The number of morpholine rings is 1. The van der Waals surface area contributed by atoms with E-state index in [9.17, 15) is 4.79 Å². The number of rotatable bonds is 4. The second kappa shape index (κ2) is 7.68. The summed E-state index contributed by atoms with van der Waals surface area (Å²) in [6, 6.07) is 9.48. The highest BCUT2D eigenvalue weighted by Crippen LogP contribution is 2.39. The summed E-state index contributed by atoms with van der Waals surface area (Å²) in [5.41, 5.74) is 3.54. The molecule has 132 valence electrons. The second-order valence-corrected chi connectivity index (χ2v) is 7.83. The highest BCUT2D eigenvalue weighted by Gasteiger charge is 2.24. The summed E-state index contributed by atoms with van der Waals surface area (Å²) in [7, 11) is 0. The van der Waals surface area contributed by atoms with Crippen LogP contribution in [0.4, 0.5) is 5.00 Å². The molecule has 1 saturated heterocycles. The summed E-state index contributed by atoms with van der Waals surface area (Å²) >= 11 is 1.78. The number of anilines is 1. The molecule has 1 aliphatic carbocycles. The zero-order valence-electron chi connectivity index (χ0n) is 14.4. The van der Waals surface area contributed by atoms with Crippen LogP contribution in [0, 0.1) is 0 Å². The van der Waals surface area contributed by atoms with Crippen LogP contribution in [0.3, 0.4) is 0 Å². The fraction of sp³-hybridized carbons (Fsp3) is 0.450. The molecule has 1 amide bonds. The summed E-state index contributed by atoms with van der Waals surface area (Å²) < 4.78 is 5.48. The van der Waals surface area contributed by atoms with E-state index in [0.29, 0.717) is 5.56 Å². The maximum Gasteiger partial charge on any atom is 0.256 e. The van der Waals surface area contributed by atoms with Crippen molar-refractivity contribution in [1.29, 1.82) is 0 Å². The van der Waals surface area contributed by atoms with Crippen molar-refractivity contribution >= 4 is 22.2 Å². The van der Waals surface area contributed by atoms with Crippen molar-refractivity contribution in [2.45, 2.75) is 32.2 Å². The van der Waals surface area contributed by atoms with Gasteiger partial charge in [0, 0.05) is 35.6 Å². The van der Waals surface area contributed by atoms with Crippen molar-refractivity contribution in [2.24, 2.45) is 0 Å². The molecule has 0 unspecified atom stereocenters. The molecule has 25 heavy (non-hydrogen) atoms. The number of hydrogen-bond donors (Lipinski definition) is 1. The predicted octanol–water partition coefficient (Wildman–Crippen LogP) is 3.71. The van der Waals surface area contributed by atoms with Crippen LogP contribution in [0.25, 0.3) is 0 Å². The number of carbonyl (C=O) groups is 1. The number of nitrogens with zero attached hydrogens (tertiary/aromatic N) is 1. The summed E-state index contributed by atoms with van der Waals surface area (Å²) in [5, 5.41) is 4.24. The van der Waals surface area contributed by atoms with Gasteiger partial charge in [-0.15, -0.1) is 11.3 Å². The number of fused-ring (bicyclic) bond motifs is 1. The molecule has 1 fully saturated rings. The fourth-order valence-corrected chi connectivity index (χ4v) is 4.94. The minimum Gasteiger partial charge on any atom is -0.379 e. The van der Waals surface area contributed by atoms with Crippen LogP contribution in [0.2, 0.25) is 0 Å². The lowest BCUT2D eigenvalue weighted by atomic mass is 9.95. The Bertz CT molecular complexity index is 736. The van der Waals surface area contributed by atoms with Gasteiger partial charge in [-0.2, -0.15) is 0 Å². The Hall–Kier alpha value is -1.69. The molecule has 2 heterocycles. The molecule has 4 rings (SSSR count). The maximum atomic E-state index is 12.6. The molecule has 1 aromatic heterocycles. The Morgan fingerprint density at radius 1 is 1.12 bits per heavy atom. The van der Waals surface area contributed by atoms with Crippen LogP contribution >= 0.6 is 11.3 Å². The first-order valence-electron chi connectivity index (χ1n) is 9.11. The summed E-state index contributed by atoms with van der Waals surface area (Å²) in [5.74, 6) is -0.0116. The standard InChI is InChI=1S/C20H24N2O2S/c23-19(15-6-2-1-3-7-15)21-20-17(14-22-10-12-24-13-11-22)16-8-4-5-9-18(16)25-20/h1-3,6-7H,4-5,8-14H2,(H,21,23). The van der Waals surface area contributed by atoms with Crippen molar-refractivity contribution in [3.8, 4) is 0 Å². The van der Waals surface area contributed by atoms with E-state index in [0.717, 1.165) is 50.7 Å². The van der Waals surface area contributed by atoms with Crippen molar-refractivity contribution in [3.05, 3.63) is 51.9 Å². The molecule has 2 aromatic rings. The smallest absolute Gasteiger partial charge is 0.256 e. The van der Waals surface area contributed by atoms with E-state index in [1.54, 1.807) is 11.3 Å². The number of carbonyl (C=O) groups excluding carboxylic acids is 1. The van der Waals surface area contributed by atoms with Crippen molar-refractivity contribution in [2.75, 3.05) is 31.6 Å². The molecule has 5 heteroatoms. The number of hydrogen-bond acceptors (Lipinski definition) is 4. The van der Waals surface area contributed by atoms with E-state index in [4.69, 9.17) is 4.74 Å². The van der Waals surface area contributed by atoms with Gasteiger partial charge in [0.05, 0.1) is 13.2 Å². The summed E-state index contributed by atoms with van der Waals surface area (Å²) in [6.07, 6.45) is 4.81. The minimum atomic E-state index is -0.0116. The number of amides is 1. The third-order valence-electron chi connectivity index (χ3n) is 5.03. The Morgan fingerprint density at radius 2 is 1.88 bits per heavy atom. The topological polar surface area (TPSA) is 41.6 Å².